The van der Waals surface area contributed by atoms with E-state index in [1.165, 1.54) is 5.56 Å². The summed E-state index contributed by atoms with van der Waals surface area (Å²) in [5.41, 5.74) is 8.84. The smallest absolute Gasteiger partial charge is 0.145 e. The lowest BCUT2D eigenvalue weighted by molar-refractivity contribution is 0.321. The fourth-order valence-corrected chi connectivity index (χ4v) is 1.69. The van der Waals surface area contributed by atoms with Crippen LogP contribution in [0.4, 0.5) is 5.69 Å². The van der Waals surface area contributed by atoms with Crippen LogP contribution in [0.3, 0.4) is 0 Å². The first-order valence-corrected chi connectivity index (χ1v) is 5.64. The number of hydrogen-bond acceptors (Lipinski definition) is 3. The van der Waals surface area contributed by atoms with Crippen molar-refractivity contribution in [2.24, 2.45) is 0 Å². The normalized spacial score (nSPS) is 10.2. The molecule has 1 aromatic heterocycles. The minimum absolute atomic E-state index is 0.624. The van der Waals surface area contributed by atoms with Crippen molar-refractivity contribution in [2.75, 3.05) is 12.3 Å². The number of anilines is 1. The average molecular weight is 228 g/mol. The highest BCUT2D eigenvalue weighted by molar-refractivity contribution is 5.56. The second-order valence-corrected chi connectivity index (χ2v) is 3.95. The van der Waals surface area contributed by atoms with Gasteiger partial charge in [-0.1, -0.05) is 12.1 Å². The number of nitrogens with zero attached hydrogens (tertiary/aromatic N) is 1. The van der Waals surface area contributed by atoms with Crippen molar-refractivity contribution in [1.82, 2.24) is 4.98 Å². The van der Waals surface area contributed by atoms with Crippen LogP contribution < -0.4 is 10.5 Å². The monoisotopic (exact) mass is 228 g/mol. The first kappa shape index (κ1) is 11.5. The van der Waals surface area contributed by atoms with Crippen LogP contribution in [0.5, 0.6) is 5.75 Å². The number of nitrogens with two attached hydrogens (primary N) is 1. The maximum atomic E-state index is 5.87. The van der Waals surface area contributed by atoms with E-state index in [-0.39, 0.29) is 0 Å². The largest absolute Gasteiger partial charge is 0.491 e. The van der Waals surface area contributed by atoms with Crippen LogP contribution >= 0.6 is 0 Å². The molecular weight excluding hydrogens is 212 g/mol. The summed E-state index contributed by atoms with van der Waals surface area (Å²) in [7, 11) is 0. The molecule has 0 saturated carbocycles. The van der Waals surface area contributed by atoms with Crippen molar-refractivity contribution in [3.63, 3.8) is 0 Å². The van der Waals surface area contributed by atoms with Gasteiger partial charge in [-0.3, -0.25) is 4.98 Å². The summed E-state index contributed by atoms with van der Waals surface area (Å²) in [5, 5.41) is 0. The summed E-state index contributed by atoms with van der Waals surface area (Å²) >= 11 is 0. The van der Waals surface area contributed by atoms with Gasteiger partial charge in [0, 0.05) is 18.8 Å². The van der Waals surface area contributed by atoms with E-state index in [9.17, 15) is 0 Å². The van der Waals surface area contributed by atoms with Gasteiger partial charge in [0.2, 0.25) is 0 Å². The molecule has 3 nitrogen and oxygen atoms in total. The molecule has 2 rings (SSSR count). The molecule has 3 heteroatoms. The summed E-state index contributed by atoms with van der Waals surface area (Å²) in [5.74, 6) is 0.793. The van der Waals surface area contributed by atoms with Gasteiger partial charge in [0.05, 0.1) is 12.3 Å². The SMILES string of the molecule is Cc1cccc(N)c1OCCc1ccncc1. The van der Waals surface area contributed by atoms with Crippen molar-refractivity contribution in [1.29, 1.82) is 0 Å². The van der Waals surface area contributed by atoms with E-state index in [4.69, 9.17) is 10.5 Å². The molecule has 0 atom stereocenters. The molecule has 0 amide bonds. The molecule has 2 N–H and O–H groups in total. The van der Waals surface area contributed by atoms with E-state index in [0.717, 1.165) is 17.7 Å². The molecule has 17 heavy (non-hydrogen) atoms. The van der Waals surface area contributed by atoms with E-state index in [0.29, 0.717) is 12.3 Å². The van der Waals surface area contributed by atoms with Crippen molar-refractivity contribution in [3.05, 3.63) is 53.9 Å². The van der Waals surface area contributed by atoms with E-state index in [1.54, 1.807) is 12.4 Å². The highest BCUT2D eigenvalue weighted by Crippen LogP contribution is 2.25. The van der Waals surface area contributed by atoms with Gasteiger partial charge in [0.1, 0.15) is 5.75 Å². The Bertz CT molecular complexity index is 463. The van der Waals surface area contributed by atoms with Crippen molar-refractivity contribution >= 4 is 5.69 Å². The lowest BCUT2D eigenvalue weighted by Crippen LogP contribution is -2.04. The molecule has 0 saturated heterocycles. The van der Waals surface area contributed by atoms with Crippen LogP contribution in [0.15, 0.2) is 42.7 Å². The Morgan fingerprint density at radius 2 is 1.94 bits per heavy atom. The highest BCUT2D eigenvalue weighted by Gasteiger charge is 2.03. The topological polar surface area (TPSA) is 48.1 Å². The molecule has 0 spiro atoms. The quantitative estimate of drug-likeness (QED) is 0.818. The molecule has 88 valence electrons. The number of hydrogen-bond donors (Lipinski definition) is 1. The number of benzene rings is 1. The lowest BCUT2D eigenvalue weighted by Gasteiger charge is -2.11. The Morgan fingerprint density at radius 1 is 1.18 bits per heavy atom. The first-order valence-electron chi connectivity index (χ1n) is 5.64. The van der Waals surface area contributed by atoms with E-state index < -0.39 is 0 Å². The standard InChI is InChI=1S/C14H16N2O/c1-11-3-2-4-13(15)14(11)17-10-7-12-5-8-16-9-6-12/h2-6,8-9H,7,10,15H2,1H3. The zero-order valence-corrected chi connectivity index (χ0v) is 9.89. The minimum atomic E-state index is 0.624. The van der Waals surface area contributed by atoms with Crippen LogP contribution in [0, 0.1) is 6.92 Å². The van der Waals surface area contributed by atoms with Gasteiger partial charge in [-0.15, -0.1) is 0 Å². The Balaban J connectivity index is 1.95. The number of rotatable bonds is 4. The van der Waals surface area contributed by atoms with Crippen LogP contribution in [0.2, 0.25) is 0 Å². The summed E-state index contributed by atoms with van der Waals surface area (Å²) < 4.78 is 5.73. The predicted molar refractivity (Wildman–Crippen MR) is 69.0 cm³/mol. The number of ether oxygens (including phenoxy) is 1. The maximum Gasteiger partial charge on any atom is 0.145 e. The molecule has 0 radical (unpaired) electrons. The van der Waals surface area contributed by atoms with E-state index in [1.807, 2.05) is 37.3 Å². The van der Waals surface area contributed by atoms with Crippen molar-refractivity contribution in [2.45, 2.75) is 13.3 Å². The molecule has 0 fully saturated rings. The number of nitrogen functional groups attached to an aromatic ring is 1. The highest BCUT2D eigenvalue weighted by atomic mass is 16.5. The Labute approximate surface area is 101 Å². The predicted octanol–water partition coefficient (Wildman–Crippen LogP) is 2.59. The Hall–Kier alpha value is -2.03. The zero-order valence-electron chi connectivity index (χ0n) is 9.89. The molecular formula is C14H16N2O. The molecule has 1 aromatic carbocycles. The maximum absolute atomic E-state index is 5.87. The molecule has 0 unspecified atom stereocenters. The third kappa shape index (κ3) is 2.97. The van der Waals surface area contributed by atoms with E-state index >= 15 is 0 Å². The van der Waals surface area contributed by atoms with Gasteiger partial charge in [-0.2, -0.15) is 0 Å². The summed E-state index contributed by atoms with van der Waals surface area (Å²) in [6, 6.07) is 9.77. The average Bonchev–Trinajstić information content (AvgIpc) is 2.34. The van der Waals surface area contributed by atoms with Crippen molar-refractivity contribution < 1.29 is 4.74 Å². The molecule has 0 bridgehead atoms. The molecule has 2 aromatic rings. The molecule has 1 heterocycles. The minimum Gasteiger partial charge on any atom is -0.491 e. The van der Waals surface area contributed by atoms with Gasteiger partial charge < -0.3 is 10.5 Å². The van der Waals surface area contributed by atoms with Gasteiger partial charge >= 0.3 is 0 Å². The fraction of sp³-hybridized carbons (Fsp3) is 0.214. The fourth-order valence-electron chi connectivity index (χ4n) is 1.69. The summed E-state index contributed by atoms with van der Waals surface area (Å²) in [6.45, 7) is 2.62. The van der Waals surface area contributed by atoms with Crippen LogP contribution in [0.1, 0.15) is 11.1 Å². The van der Waals surface area contributed by atoms with Crippen LogP contribution in [-0.4, -0.2) is 11.6 Å². The van der Waals surface area contributed by atoms with Gasteiger partial charge in [0.15, 0.2) is 0 Å². The molecule has 0 aliphatic heterocycles. The number of para-hydroxylation sites is 1. The van der Waals surface area contributed by atoms with Gasteiger partial charge in [-0.05, 0) is 36.2 Å². The van der Waals surface area contributed by atoms with Gasteiger partial charge in [-0.25, -0.2) is 0 Å². The second kappa shape index (κ2) is 5.34. The Morgan fingerprint density at radius 3 is 2.65 bits per heavy atom. The third-order valence-electron chi connectivity index (χ3n) is 2.63. The summed E-state index contributed by atoms with van der Waals surface area (Å²) in [4.78, 5) is 3.98. The second-order valence-electron chi connectivity index (χ2n) is 3.95. The van der Waals surface area contributed by atoms with Gasteiger partial charge in [0.25, 0.3) is 0 Å². The number of aryl methyl sites for hydroxylation is 1. The molecule has 0 aliphatic rings. The summed E-state index contributed by atoms with van der Waals surface area (Å²) in [6.07, 6.45) is 4.44. The zero-order chi connectivity index (χ0) is 12.1. The number of pyridine rings is 1. The van der Waals surface area contributed by atoms with Crippen LogP contribution in [0.25, 0.3) is 0 Å². The first-order chi connectivity index (χ1) is 8.27. The van der Waals surface area contributed by atoms with Crippen LogP contribution in [-0.2, 0) is 6.42 Å². The Kier molecular flexibility index (Phi) is 3.60. The van der Waals surface area contributed by atoms with Crippen molar-refractivity contribution in [3.8, 4) is 5.75 Å². The number of aromatic nitrogens is 1. The lowest BCUT2D eigenvalue weighted by atomic mass is 10.2. The molecule has 0 aliphatic carbocycles. The third-order valence-corrected chi connectivity index (χ3v) is 2.63. The van der Waals surface area contributed by atoms with E-state index in [2.05, 4.69) is 4.98 Å².